The van der Waals surface area contributed by atoms with Gasteiger partial charge in [0.15, 0.2) is 0 Å². The second-order valence-electron chi connectivity index (χ2n) is 3.81. The van der Waals surface area contributed by atoms with E-state index in [9.17, 15) is 12.8 Å². The molecule has 0 aliphatic heterocycles. The number of rotatable bonds is 3. The van der Waals surface area contributed by atoms with Crippen LogP contribution in [0.25, 0.3) is 0 Å². The van der Waals surface area contributed by atoms with Gasteiger partial charge in [0.1, 0.15) is 12.4 Å². The molecule has 21 heavy (non-hydrogen) atoms. The molecule has 2 N–H and O–H groups in total. The van der Waals surface area contributed by atoms with Gasteiger partial charge in [-0.25, -0.2) is 17.5 Å². The van der Waals surface area contributed by atoms with Crippen LogP contribution in [0.4, 0.5) is 10.3 Å². The van der Waals surface area contributed by atoms with E-state index in [0.717, 1.165) is 10.9 Å². The summed E-state index contributed by atoms with van der Waals surface area (Å²) in [6.45, 7) is -0.417. The Bertz CT molecular complexity index is 822. The van der Waals surface area contributed by atoms with Crippen molar-refractivity contribution in [1.82, 2.24) is 20.2 Å². The van der Waals surface area contributed by atoms with E-state index in [1.165, 1.54) is 19.2 Å². The minimum absolute atomic E-state index is 0.0133. The maximum atomic E-state index is 13.7. The Hall–Kier alpha value is -2.51. The van der Waals surface area contributed by atoms with Gasteiger partial charge in [-0.1, -0.05) is 16.9 Å². The fourth-order valence-electron chi connectivity index (χ4n) is 1.40. The quantitative estimate of drug-likeness (QED) is 0.739. The highest BCUT2D eigenvalue weighted by molar-refractivity contribution is 7.92. The molecule has 0 aliphatic rings. The first-order valence-electron chi connectivity index (χ1n) is 5.58. The van der Waals surface area contributed by atoms with Crippen molar-refractivity contribution < 1.29 is 17.9 Å². The number of sulfonamides is 1. The maximum absolute atomic E-state index is 13.7. The average molecular weight is 311 g/mol. The summed E-state index contributed by atoms with van der Waals surface area (Å²) in [4.78, 5) is 0.772. The second-order valence-corrected chi connectivity index (χ2v) is 5.49. The molecule has 10 heteroatoms. The van der Waals surface area contributed by atoms with Gasteiger partial charge < -0.3 is 5.11 Å². The van der Waals surface area contributed by atoms with Gasteiger partial charge in [0.2, 0.25) is 0 Å². The molecular formula is C11H10FN5O3S. The van der Waals surface area contributed by atoms with Gasteiger partial charge >= 0.3 is 0 Å². The molecule has 0 atom stereocenters. The molecule has 0 amide bonds. The molecule has 2 aromatic rings. The summed E-state index contributed by atoms with van der Waals surface area (Å²) in [6.07, 6.45) is 0. The van der Waals surface area contributed by atoms with E-state index in [4.69, 9.17) is 5.11 Å². The van der Waals surface area contributed by atoms with E-state index < -0.39 is 22.4 Å². The number of hydrogen-bond donors (Lipinski definition) is 2. The molecule has 0 aliphatic carbocycles. The smallest absolute Gasteiger partial charge is 0.277 e. The van der Waals surface area contributed by atoms with E-state index in [1.54, 1.807) is 0 Å². The number of anilines is 1. The lowest BCUT2D eigenvalue weighted by molar-refractivity contribution is 0.350. The average Bonchev–Trinajstić information content (AvgIpc) is 2.82. The zero-order valence-electron chi connectivity index (χ0n) is 10.8. The molecule has 1 aromatic heterocycles. The van der Waals surface area contributed by atoms with E-state index in [-0.39, 0.29) is 16.4 Å². The van der Waals surface area contributed by atoms with Crippen molar-refractivity contribution in [3.63, 3.8) is 0 Å². The Morgan fingerprint density at radius 2 is 2.24 bits per heavy atom. The Balaban J connectivity index is 2.30. The first-order valence-corrected chi connectivity index (χ1v) is 7.07. The number of benzene rings is 1. The summed E-state index contributed by atoms with van der Waals surface area (Å²) in [5.74, 6) is 3.61. The number of aliphatic hydroxyl groups excluding tert-OH is 1. The fourth-order valence-corrected chi connectivity index (χ4v) is 2.35. The SMILES string of the molecule is Cn1nnc(NS(=O)(=O)c2ccc(C#CCO)c(F)c2)n1. The van der Waals surface area contributed by atoms with Crippen molar-refractivity contribution in [2.45, 2.75) is 4.90 Å². The highest BCUT2D eigenvalue weighted by atomic mass is 32.2. The summed E-state index contributed by atoms with van der Waals surface area (Å²) in [7, 11) is -2.55. The molecule has 110 valence electrons. The molecule has 0 fully saturated rings. The largest absolute Gasteiger partial charge is 0.384 e. The van der Waals surface area contributed by atoms with Crippen molar-refractivity contribution >= 4 is 16.0 Å². The van der Waals surface area contributed by atoms with Crippen LogP contribution in [-0.2, 0) is 17.1 Å². The number of aromatic nitrogens is 4. The van der Waals surface area contributed by atoms with Crippen LogP contribution < -0.4 is 4.72 Å². The summed E-state index contributed by atoms with van der Waals surface area (Å²) in [5.41, 5.74) is -0.0133. The first kappa shape index (κ1) is 14.9. The lowest BCUT2D eigenvalue weighted by Crippen LogP contribution is -2.14. The number of halogens is 1. The molecule has 0 radical (unpaired) electrons. The van der Waals surface area contributed by atoms with E-state index in [1.807, 2.05) is 0 Å². The Labute approximate surface area is 119 Å². The third-order valence-electron chi connectivity index (χ3n) is 2.29. The number of aliphatic hydroxyl groups is 1. The summed E-state index contributed by atoms with van der Waals surface area (Å²) >= 11 is 0. The molecule has 2 rings (SSSR count). The second kappa shape index (κ2) is 5.86. The molecule has 0 saturated carbocycles. The number of nitrogens with zero attached hydrogens (tertiary/aromatic N) is 4. The standard InChI is InChI=1S/C11H10FN5O3S/c1-17-14-11(13-16-17)15-21(19,20)9-5-4-8(3-2-6-18)10(12)7-9/h4-5,7,18H,6H2,1H3,(H,14,15). The zero-order chi connectivity index (χ0) is 15.5. The molecule has 1 aromatic carbocycles. The molecule has 0 saturated heterocycles. The van der Waals surface area contributed by atoms with Gasteiger partial charge in [0.25, 0.3) is 16.0 Å². The van der Waals surface area contributed by atoms with Crippen LogP contribution in [0, 0.1) is 17.7 Å². The molecule has 1 heterocycles. The van der Waals surface area contributed by atoms with Crippen molar-refractivity contribution in [3.8, 4) is 11.8 Å². The molecule has 0 unspecified atom stereocenters. The van der Waals surface area contributed by atoms with Crippen LogP contribution in [0.2, 0.25) is 0 Å². The number of hydrogen-bond acceptors (Lipinski definition) is 6. The molecule has 0 spiro atoms. The number of aryl methyl sites for hydroxylation is 1. The predicted octanol–water partition coefficient (Wildman–Crippen LogP) is -0.506. The van der Waals surface area contributed by atoms with Crippen molar-refractivity contribution in [1.29, 1.82) is 0 Å². The first-order chi connectivity index (χ1) is 9.92. The topological polar surface area (TPSA) is 110 Å². The van der Waals surface area contributed by atoms with Crippen molar-refractivity contribution in [3.05, 3.63) is 29.6 Å². The van der Waals surface area contributed by atoms with Crippen LogP contribution in [0.15, 0.2) is 23.1 Å². The summed E-state index contributed by atoms with van der Waals surface area (Å²) < 4.78 is 39.8. The van der Waals surface area contributed by atoms with Gasteiger partial charge in [0.05, 0.1) is 17.5 Å². The van der Waals surface area contributed by atoms with Crippen LogP contribution in [-0.4, -0.2) is 40.3 Å². The van der Waals surface area contributed by atoms with Crippen molar-refractivity contribution in [2.75, 3.05) is 11.3 Å². The van der Waals surface area contributed by atoms with Crippen LogP contribution in [0.3, 0.4) is 0 Å². The highest BCUT2D eigenvalue weighted by Crippen LogP contribution is 2.16. The molecular weight excluding hydrogens is 301 g/mol. The fraction of sp³-hybridized carbons (Fsp3) is 0.182. The minimum atomic E-state index is -4.03. The Kier molecular flexibility index (Phi) is 4.15. The van der Waals surface area contributed by atoms with Gasteiger partial charge in [-0.2, -0.15) is 4.80 Å². The van der Waals surface area contributed by atoms with Gasteiger partial charge in [-0.05, 0) is 23.4 Å². The van der Waals surface area contributed by atoms with Crippen molar-refractivity contribution in [2.24, 2.45) is 7.05 Å². The summed E-state index contributed by atoms with van der Waals surface area (Å²) in [6, 6.07) is 3.21. The third-order valence-corrected chi connectivity index (χ3v) is 3.61. The van der Waals surface area contributed by atoms with E-state index in [0.29, 0.717) is 0 Å². The van der Waals surface area contributed by atoms with E-state index >= 15 is 0 Å². The number of tetrazole rings is 1. The van der Waals surface area contributed by atoms with Gasteiger partial charge in [0, 0.05) is 0 Å². The maximum Gasteiger partial charge on any atom is 0.277 e. The van der Waals surface area contributed by atoms with Gasteiger partial charge in [-0.3, -0.25) is 0 Å². The predicted molar refractivity (Wildman–Crippen MR) is 70.0 cm³/mol. The van der Waals surface area contributed by atoms with Gasteiger partial charge in [-0.15, -0.1) is 5.10 Å². The Morgan fingerprint density at radius 3 is 2.81 bits per heavy atom. The van der Waals surface area contributed by atoms with Crippen LogP contribution in [0.1, 0.15) is 5.56 Å². The normalized spacial score (nSPS) is 10.8. The zero-order valence-corrected chi connectivity index (χ0v) is 11.6. The minimum Gasteiger partial charge on any atom is -0.384 e. The van der Waals surface area contributed by atoms with Crippen LogP contribution >= 0.6 is 0 Å². The lowest BCUT2D eigenvalue weighted by Gasteiger charge is -2.04. The highest BCUT2D eigenvalue weighted by Gasteiger charge is 2.18. The van der Waals surface area contributed by atoms with E-state index in [2.05, 4.69) is 32.0 Å². The monoisotopic (exact) mass is 311 g/mol. The third kappa shape index (κ3) is 3.53. The lowest BCUT2D eigenvalue weighted by atomic mass is 10.2. The van der Waals surface area contributed by atoms with Crippen LogP contribution in [0.5, 0.6) is 0 Å². The molecule has 0 bridgehead atoms. The molecule has 8 nitrogen and oxygen atoms in total. The number of nitrogens with one attached hydrogen (secondary N) is 1. The summed E-state index contributed by atoms with van der Waals surface area (Å²) in [5, 5.41) is 19.2. The Morgan fingerprint density at radius 1 is 1.48 bits per heavy atom.